The maximum absolute atomic E-state index is 13.1. The molecule has 0 aliphatic heterocycles. The molecule has 1 aromatic rings. The second-order valence-electron chi connectivity index (χ2n) is 6.95. The highest BCUT2D eigenvalue weighted by molar-refractivity contribution is 5.95. The Morgan fingerprint density at radius 1 is 1.12 bits per heavy atom. The summed E-state index contributed by atoms with van der Waals surface area (Å²) in [4.78, 5) is 15.2. The maximum atomic E-state index is 13.1. The van der Waals surface area contributed by atoms with Crippen LogP contribution in [0.25, 0.3) is 0 Å². The first-order valence-corrected chi connectivity index (χ1v) is 9.38. The van der Waals surface area contributed by atoms with Crippen LogP contribution in [0.2, 0.25) is 0 Å². The molecule has 4 nitrogen and oxygen atoms in total. The average molecular weight is 331 g/mol. The summed E-state index contributed by atoms with van der Waals surface area (Å²) < 4.78 is 11.2. The van der Waals surface area contributed by atoms with Crippen LogP contribution in [0.3, 0.4) is 0 Å². The Kier molecular flexibility index (Phi) is 5.64. The quantitative estimate of drug-likeness (QED) is 0.662. The predicted molar refractivity (Wildman–Crippen MR) is 94.8 cm³/mol. The highest BCUT2D eigenvalue weighted by Crippen LogP contribution is 2.36. The first-order chi connectivity index (χ1) is 11.7. The molecule has 0 heterocycles. The molecule has 2 aliphatic carbocycles. The van der Waals surface area contributed by atoms with Gasteiger partial charge in [-0.25, -0.2) is 0 Å². The van der Waals surface area contributed by atoms with Gasteiger partial charge in [0.15, 0.2) is 11.5 Å². The number of hydrogen-bond donors (Lipinski definition) is 0. The minimum atomic E-state index is 0.155. The number of benzene rings is 1. The van der Waals surface area contributed by atoms with E-state index in [4.69, 9.17) is 9.47 Å². The van der Waals surface area contributed by atoms with Gasteiger partial charge in [-0.2, -0.15) is 0 Å². The fraction of sp³-hybridized carbons (Fsp3) is 0.650. The molecule has 0 aromatic heterocycles. The van der Waals surface area contributed by atoms with E-state index < -0.39 is 0 Å². The number of nitrogens with zero attached hydrogens (tertiary/aromatic N) is 1. The second-order valence-corrected chi connectivity index (χ2v) is 6.95. The highest BCUT2D eigenvalue weighted by atomic mass is 16.5. The molecule has 1 amide bonds. The van der Waals surface area contributed by atoms with Crippen molar-refractivity contribution in [3.8, 4) is 11.5 Å². The SMILES string of the molecule is CCCCOc1ccc(C(=O)N(C2CCCC2)C2CC2)cc1OC. The van der Waals surface area contributed by atoms with Gasteiger partial charge in [0, 0.05) is 17.6 Å². The molecule has 24 heavy (non-hydrogen) atoms. The van der Waals surface area contributed by atoms with Crippen molar-refractivity contribution in [3.63, 3.8) is 0 Å². The lowest BCUT2D eigenvalue weighted by atomic mass is 10.1. The van der Waals surface area contributed by atoms with E-state index in [1.807, 2.05) is 18.2 Å². The van der Waals surface area contributed by atoms with Gasteiger partial charge < -0.3 is 14.4 Å². The van der Waals surface area contributed by atoms with Gasteiger partial charge >= 0.3 is 0 Å². The third kappa shape index (κ3) is 3.85. The van der Waals surface area contributed by atoms with E-state index >= 15 is 0 Å². The summed E-state index contributed by atoms with van der Waals surface area (Å²) in [6, 6.07) is 6.48. The lowest BCUT2D eigenvalue weighted by Crippen LogP contribution is -2.40. The largest absolute Gasteiger partial charge is 0.493 e. The van der Waals surface area contributed by atoms with Crippen LogP contribution in [-0.4, -0.2) is 36.6 Å². The van der Waals surface area contributed by atoms with E-state index in [-0.39, 0.29) is 5.91 Å². The van der Waals surface area contributed by atoms with Crippen molar-refractivity contribution in [2.45, 2.75) is 70.4 Å². The summed E-state index contributed by atoms with van der Waals surface area (Å²) in [5.41, 5.74) is 0.716. The summed E-state index contributed by atoms with van der Waals surface area (Å²) >= 11 is 0. The third-order valence-corrected chi connectivity index (χ3v) is 5.06. The van der Waals surface area contributed by atoms with Gasteiger partial charge in [0.05, 0.1) is 13.7 Å². The van der Waals surface area contributed by atoms with Crippen molar-refractivity contribution in [1.29, 1.82) is 0 Å². The fourth-order valence-electron chi connectivity index (χ4n) is 3.56. The van der Waals surface area contributed by atoms with Gasteiger partial charge in [0.1, 0.15) is 0 Å². The summed E-state index contributed by atoms with van der Waals surface area (Å²) in [6.45, 7) is 2.81. The van der Waals surface area contributed by atoms with Gasteiger partial charge in [0.25, 0.3) is 5.91 Å². The third-order valence-electron chi connectivity index (χ3n) is 5.06. The van der Waals surface area contributed by atoms with Gasteiger partial charge in [0.2, 0.25) is 0 Å². The minimum absolute atomic E-state index is 0.155. The monoisotopic (exact) mass is 331 g/mol. The molecule has 0 N–H and O–H groups in total. The van der Waals surface area contributed by atoms with Crippen LogP contribution in [0.4, 0.5) is 0 Å². The highest BCUT2D eigenvalue weighted by Gasteiger charge is 2.38. The Bertz CT molecular complexity index is 562. The minimum Gasteiger partial charge on any atom is -0.493 e. The van der Waals surface area contributed by atoms with Crippen molar-refractivity contribution < 1.29 is 14.3 Å². The van der Waals surface area contributed by atoms with Crippen LogP contribution in [-0.2, 0) is 0 Å². The summed E-state index contributed by atoms with van der Waals surface area (Å²) in [5, 5.41) is 0. The van der Waals surface area contributed by atoms with Gasteiger partial charge in [-0.3, -0.25) is 4.79 Å². The molecule has 0 bridgehead atoms. The maximum Gasteiger partial charge on any atom is 0.254 e. The number of carbonyl (C=O) groups is 1. The Morgan fingerprint density at radius 3 is 2.46 bits per heavy atom. The molecular formula is C20H29NO3. The number of rotatable bonds is 8. The topological polar surface area (TPSA) is 38.8 Å². The molecule has 0 unspecified atom stereocenters. The van der Waals surface area contributed by atoms with Crippen LogP contribution < -0.4 is 9.47 Å². The molecule has 0 saturated heterocycles. The van der Waals surface area contributed by atoms with Crippen LogP contribution in [0.1, 0.15) is 68.6 Å². The molecular weight excluding hydrogens is 302 g/mol. The predicted octanol–water partition coefficient (Wildman–Crippen LogP) is 4.42. The molecule has 0 atom stereocenters. The summed E-state index contributed by atoms with van der Waals surface area (Å²) in [6.07, 6.45) is 9.20. The zero-order valence-electron chi connectivity index (χ0n) is 14.9. The van der Waals surface area contributed by atoms with Crippen molar-refractivity contribution in [3.05, 3.63) is 23.8 Å². The Balaban J connectivity index is 1.75. The van der Waals surface area contributed by atoms with Gasteiger partial charge in [-0.05, 0) is 50.3 Å². The van der Waals surface area contributed by atoms with Crippen LogP contribution in [0.15, 0.2) is 18.2 Å². The number of hydrogen-bond acceptors (Lipinski definition) is 3. The molecule has 2 fully saturated rings. The number of ether oxygens (including phenoxy) is 2. The van der Waals surface area contributed by atoms with Crippen molar-refractivity contribution in [1.82, 2.24) is 4.90 Å². The first-order valence-electron chi connectivity index (χ1n) is 9.38. The zero-order chi connectivity index (χ0) is 16.9. The van der Waals surface area contributed by atoms with E-state index in [0.717, 1.165) is 44.3 Å². The van der Waals surface area contributed by atoms with Crippen molar-refractivity contribution >= 4 is 5.91 Å². The van der Waals surface area contributed by atoms with E-state index in [2.05, 4.69) is 11.8 Å². The number of amides is 1. The Morgan fingerprint density at radius 2 is 1.83 bits per heavy atom. The lowest BCUT2D eigenvalue weighted by Gasteiger charge is -2.29. The standard InChI is InChI=1S/C20H29NO3/c1-3-4-13-24-18-12-9-15(14-19(18)23-2)20(22)21(17-10-11-17)16-7-5-6-8-16/h9,12,14,16-17H,3-8,10-11,13H2,1-2H3. The molecule has 132 valence electrons. The summed E-state index contributed by atoms with van der Waals surface area (Å²) in [5.74, 6) is 1.53. The second kappa shape index (κ2) is 7.91. The average Bonchev–Trinajstić information content (AvgIpc) is 3.29. The van der Waals surface area contributed by atoms with Gasteiger partial charge in [-0.15, -0.1) is 0 Å². The van der Waals surface area contributed by atoms with Gasteiger partial charge in [-0.1, -0.05) is 26.2 Å². The Hall–Kier alpha value is -1.71. The van der Waals surface area contributed by atoms with E-state index in [9.17, 15) is 4.79 Å². The first kappa shape index (κ1) is 17.1. The van der Waals surface area contributed by atoms with E-state index in [1.54, 1.807) is 7.11 Å². The van der Waals surface area contributed by atoms with Crippen LogP contribution in [0.5, 0.6) is 11.5 Å². The molecule has 1 aromatic carbocycles. The van der Waals surface area contributed by atoms with E-state index in [0.29, 0.717) is 30.0 Å². The van der Waals surface area contributed by atoms with Crippen LogP contribution >= 0.6 is 0 Å². The molecule has 0 spiro atoms. The van der Waals surface area contributed by atoms with Crippen molar-refractivity contribution in [2.75, 3.05) is 13.7 Å². The molecule has 2 saturated carbocycles. The molecule has 4 heteroatoms. The van der Waals surface area contributed by atoms with Crippen LogP contribution in [0, 0.1) is 0 Å². The molecule has 0 radical (unpaired) electrons. The Labute approximate surface area is 145 Å². The lowest BCUT2D eigenvalue weighted by molar-refractivity contribution is 0.0664. The summed E-state index contributed by atoms with van der Waals surface area (Å²) in [7, 11) is 1.63. The van der Waals surface area contributed by atoms with Crippen molar-refractivity contribution in [2.24, 2.45) is 0 Å². The van der Waals surface area contributed by atoms with E-state index in [1.165, 1.54) is 12.8 Å². The smallest absolute Gasteiger partial charge is 0.254 e. The zero-order valence-corrected chi connectivity index (χ0v) is 14.9. The number of unbranched alkanes of at least 4 members (excludes halogenated alkanes) is 1. The molecule has 2 aliphatic rings. The molecule has 3 rings (SSSR count). The fourth-order valence-corrected chi connectivity index (χ4v) is 3.56. The normalized spacial score (nSPS) is 17.8. The number of methoxy groups -OCH3 is 1. The number of carbonyl (C=O) groups excluding carboxylic acids is 1.